The van der Waals surface area contributed by atoms with Crippen molar-refractivity contribution < 1.29 is 13.2 Å². The topological polar surface area (TPSA) is 54.5 Å². The van der Waals surface area contributed by atoms with Gasteiger partial charge in [-0.15, -0.1) is 0 Å². The van der Waals surface area contributed by atoms with Gasteiger partial charge in [0.25, 0.3) is 0 Å². The van der Waals surface area contributed by atoms with Crippen LogP contribution in [0.5, 0.6) is 0 Å². The van der Waals surface area contributed by atoms with Crippen molar-refractivity contribution in [2.75, 3.05) is 19.3 Å². The van der Waals surface area contributed by atoms with Gasteiger partial charge in [0, 0.05) is 19.3 Å². The average molecular weight is 247 g/mol. The Labute approximate surface area is 97.9 Å². The molecule has 0 aromatic heterocycles. The van der Waals surface area contributed by atoms with Gasteiger partial charge in [0.1, 0.15) is 4.75 Å². The summed E-state index contributed by atoms with van der Waals surface area (Å²) in [5.41, 5.74) is 0. The van der Waals surface area contributed by atoms with E-state index in [1.807, 2.05) is 0 Å². The fourth-order valence-electron chi connectivity index (χ4n) is 1.81. The first-order valence-electron chi connectivity index (χ1n) is 5.76. The molecular formula is C11H21NO3S. The van der Waals surface area contributed by atoms with Crippen LogP contribution in [0.2, 0.25) is 0 Å². The zero-order valence-electron chi connectivity index (χ0n) is 10.3. The van der Waals surface area contributed by atoms with Crippen molar-refractivity contribution in [2.45, 2.75) is 44.3 Å². The second kappa shape index (κ2) is 4.73. The molecule has 5 heteroatoms. The van der Waals surface area contributed by atoms with Gasteiger partial charge in [-0.3, -0.25) is 4.79 Å². The first kappa shape index (κ1) is 13.5. The summed E-state index contributed by atoms with van der Waals surface area (Å²) in [7, 11) is -3.35. The molecule has 0 aromatic rings. The van der Waals surface area contributed by atoms with Crippen LogP contribution in [0.4, 0.5) is 0 Å². The van der Waals surface area contributed by atoms with E-state index in [2.05, 4.69) is 0 Å². The van der Waals surface area contributed by atoms with Gasteiger partial charge >= 0.3 is 0 Å². The Morgan fingerprint density at radius 2 is 1.50 bits per heavy atom. The average Bonchev–Trinajstić information content (AvgIpc) is 2.42. The maximum Gasteiger partial charge on any atom is 0.243 e. The Morgan fingerprint density at radius 1 is 1.06 bits per heavy atom. The number of carbonyl (C=O) groups is 1. The minimum absolute atomic E-state index is 0.253. The van der Waals surface area contributed by atoms with Crippen LogP contribution in [0.25, 0.3) is 0 Å². The highest BCUT2D eigenvalue weighted by atomic mass is 32.2. The Kier molecular flexibility index (Phi) is 3.99. The highest BCUT2D eigenvalue weighted by Gasteiger charge is 2.41. The van der Waals surface area contributed by atoms with E-state index in [4.69, 9.17) is 0 Å². The van der Waals surface area contributed by atoms with Crippen LogP contribution in [0.3, 0.4) is 0 Å². The Hall–Kier alpha value is -0.580. The quantitative estimate of drug-likeness (QED) is 0.737. The van der Waals surface area contributed by atoms with Crippen LogP contribution < -0.4 is 0 Å². The first-order chi connectivity index (χ1) is 7.27. The standard InChI is InChI=1S/C11H21NO3S/c1-11(2,16(3,14)15)10(13)12-8-6-4-5-7-9-12/h4-9H2,1-3H3. The molecule has 0 aliphatic carbocycles. The van der Waals surface area contributed by atoms with Crippen molar-refractivity contribution in [1.82, 2.24) is 4.90 Å². The highest BCUT2D eigenvalue weighted by Crippen LogP contribution is 2.21. The Morgan fingerprint density at radius 3 is 1.88 bits per heavy atom. The third-order valence-electron chi connectivity index (χ3n) is 3.34. The summed E-state index contributed by atoms with van der Waals surface area (Å²) >= 11 is 0. The summed E-state index contributed by atoms with van der Waals surface area (Å²) in [5.74, 6) is -0.253. The lowest BCUT2D eigenvalue weighted by Gasteiger charge is -2.29. The van der Waals surface area contributed by atoms with Gasteiger partial charge in [-0.25, -0.2) is 8.42 Å². The van der Waals surface area contributed by atoms with Crippen molar-refractivity contribution in [2.24, 2.45) is 0 Å². The maximum atomic E-state index is 12.2. The molecule has 1 heterocycles. The number of nitrogens with zero attached hydrogens (tertiary/aromatic N) is 1. The number of likely N-dealkylation sites (tertiary alicyclic amines) is 1. The second-order valence-corrected chi connectivity index (χ2v) is 7.55. The summed E-state index contributed by atoms with van der Waals surface area (Å²) in [6.07, 6.45) is 5.34. The Bertz CT molecular complexity index is 351. The maximum absolute atomic E-state index is 12.2. The van der Waals surface area contributed by atoms with Crippen LogP contribution in [0, 0.1) is 0 Å². The third-order valence-corrected chi connectivity index (χ3v) is 5.36. The lowest BCUT2D eigenvalue weighted by atomic mass is 10.1. The van der Waals surface area contributed by atoms with Crippen LogP contribution in [-0.4, -0.2) is 43.3 Å². The molecule has 4 nitrogen and oxygen atoms in total. The lowest BCUT2D eigenvalue weighted by Crippen LogP contribution is -2.50. The lowest BCUT2D eigenvalue weighted by molar-refractivity contribution is -0.133. The van der Waals surface area contributed by atoms with E-state index in [-0.39, 0.29) is 5.91 Å². The summed E-state index contributed by atoms with van der Waals surface area (Å²) in [5, 5.41) is 0. The molecule has 1 aliphatic heterocycles. The molecule has 1 fully saturated rings. The SMILES string of the molecule is CC(C)(C(=O)N1CCCCCC1)S(C)(=O)=O. The van der Waals surface area contributed by atoms with Crippen molar-refractivity contribution in [3.8, 4) is 0 Å². The number of amides is 1. The summed E-state index contributed by atoms with van der Waals surface area (Å²) in [6.45, 7) is 4.38. The van der Waals surface area contributed by atoms with E-state index < -0.39 is 14.6 Å². The number of hydrogen-bond donors (Lipinski definition) is 0. The third kappa shape index (κ3) is 2.75. The normalized spacial score (nSPS) is 19.3. The zero-order valence-corrected chi connectivity index (χ0v) is 11.1. The largest absolute Gasteiger partial charge is 0.341 e. The molecular weight excluding hydrogens is 226 g/mol. The van der Waals surface area contributed by atoms with E-state index in [1.54, 1.807) is 4.90 Å². The van der Waals surface area contributed by atoms with Crippen molar-refractivity contribution in [3.63, 3.8) is 0 Å². The molecule has 0 unspecified atom stereocenters. The highest BCUT2D eigenvalue weighted by molar-refractivity contribution is 7.92. The van der Waals surface area contributed by atoms with Gasteiger partial charge in [-0.1, -0.05) is 12.8 Å². The zero-order chi connectivity index (χ0) is 12.4. The molecule has 0 atom stereocenters. The number of sulfone groups is 1. The van der Waals surface area contributed by atoms with E-state index in [1.165, 1.54) is 13.8 Å². The molecule has 1 aliphatic rings. The van der Waals surface area contributed by atoms with Gasteiger partial charge in [-0.2, -0.15) is 0 Å². The smallest absolute Gasteiger partial charge is 0.243 e. The molecule has 0 saturated carbocycles. The van der Waals surface area contributed by atoms with Crippen LogP contribution in [0.15, 0.2) is 0 Å². The molecule has 1 amide bonds. The minimum Gasteiger partial charge on any atom is -0.341 e. The van der Waals surface area contributed by atoms with Gasteiger partial charge < -0.3 is 4.90 Å². The second-order valence-electron chi connectivity index (χ2n) is 4.99. The summed E-state index contributed by atoms with van der Waals surface area (Å²) in [4.78, 5) is 13.9. The molecule has 16 heavy (non-hydrogen) atoms. The number of carbonyl (C=O) groups excluding carboxylic acids is 1. The Balaban J connectivity index is 2.84. The van der Waals surface area contributed by atoms with Crippen molar-refractivity contribution >= 4 is 15.7 Å². The van der Waals surface area contributed by atoms with Crippen molar-refractivity contribution in [1.29, 1.82) is 0 Å². The van der Waals surface area contributed by atoms with E-state index in [9.17, 15) is 13.2 Å². The fourth-order valence-corrected chi connectivity index (χ4v) is 2.26. The summed E-state index contributed by atoms with van der Waals surface area (Å²) < 4.78 is 21.9. The monoisotopic (exact) mass is 247 g/mol. The molecule has 94 valence electrons. The predicted octanol–water partition coefficient (Wildman–Crippen LogP) is 1.21. The van der Waals surface area contributed by atoms with Crippen molar-refractivity contribution in [3.05, 3.63) is 0 Å². The molecule has 0 aromatic carbocycles. The van der Waals surface area contributed by atoms with E-state index in [0.29, 0.717) is 13.1 Å². The van der Waals surface area contributed by atoms with Gasteiger partial charge in [0.15, 0.2) is 9.84 Å². The summed E-state index contributed by atoms with van der Waals surface area (Å²) in [6, 6.07) is 0. The number of rotatable bonds is 2. The van der Waals surface area contributed by atoms with Crippen LogP contribution in [0.1, 0.15) is 39.5 Å². The van der Waals surface area contributed by atoms with Gasteiger partial charge in [0.2, 0.25) is 5.91 Å². The van der Waals surface area contributed by atoms with Gasteiger partial charge in [0.05, 0.1) is 0 Å². The molecule has 0 N–H and O–H groups in total. The molecule has 1 rings (SSSR count). The molecule has 0 bridgehead atoms. The molecule has 0 radical (unpaired) electrons. The van der Waals surface area contributed by atoms with Gasteiger partial charge in [-0.05, 0) is 26.7 Å². The van der Waals surface area contributed by atoms with E-state index in [0.717, 1.165) is 31.9 Å². The first-order valence-corrected chi connectivity index (χ1v) is 7.65. The molecule has 1 saturated heterocycles. The van der Waals surface area contributed by atoms with Crippen LogP contribution >= 0.6 is 0 Å². The molecule has 0 spiro atoms. The van der Waals surface area contributed by atoms with Crippen LogP contribution in [-0.2, 0) is 14.6 Å². The fraction of sp³-hybridized carbons (Fsp3) is 0.909. The number of hydrogen-bond acceptors (Lipinski definition) is 3. The van der Waals surface area contributed by atoms with E-state index >= 15 is 0 Å². The predicted molar refractivity (Wildman–Crippen MR) is 64.0 cm³/mol. The minimum atomic E-state index is -3.35.